The molecule has 0 fully saturated rings. The maximum atomic E-state index is 2.47. The largest absolute Gasteiger partial charge is 0.141 e. The van der Waals surface area contributed by atoms with Crippen LogP contribution in [0.5, 0.6) is 0 Å². The Balaban J connectivity index is 1.59. The van der Waals surface area contributed by atoms with E-state index in [1.165, 1.54) is 47.9 Å². The minimum absolute atomic E-state index is 0.155. The Morgan fingerprint density at radius 3 is 2.48 bits per heavy atom. The molecule has 0 saturated carbocycles. The first kappa shape index (κ1) is 17.3. The van der Waals surface area contributed by atoms with Crippen LogP contribution in [0.4, 0.5) is 0 Å². The molecule has 2 unspecified atom stereocenters. The molecule has 1 aromatic heterocycles. The minimum atomic E-state index is 0.155. The molecule has 1 heterocycles. The highest BCUT2D eigenvalue weighted by Gasteiger charge is 2.44. The zero-order chi connectivity index (χ0) is 19.8. The van der Waals surface area contributed by atoms with Crippen LogP contribution in [-0.2, 0) is 5.41 Å². The summed E-state index contributed by atoms with van der Waals surface area (Å²) in [5, 5.41) is 2.76. The molecular formula is C27H23BS. The molecule has 0 aliphatic heterocycles. The third-order valence-electron chi connectivity index (χ3n) is 7.11. The van der Waals surface area contributed by atoms with Crippen LogP contribution in [0.15, 0.2) is 78.9 Å². The molecule has 0 radical (unpaired) electrons. The van der Waals surface area contributed by atoms with Crippen LogP contribution in [-0.4, -0.2) is 7.85 Å². The fourth-order valence-electron chi connectivity index (χ4n) is 5.53. The van der Waals surface area contributed by atoms with E-state index in [1.807, 2.05) is 11.3 Å². The van der Waals surface area contributed by atoms with Crippen molar-refractivity contribution >= 4 is 44.8 Å². The summed E-state index contributed by atoms with van der Waals surface area (Å²) in [6.45, 7) is 4.82. The van der Waals surface area contributed by atoms with Gasteiger partial charge in [0.05, 0.1) is 0 Å². The normalized spacial score (nSPS) is 21.6. The van der Waals surface area contributed by atoms with Crippen LogP contribution in [0.1, 0.15) is 30.9 Å². The lowest BCUT2D eigenvalue weighted by Gasteiger charge is -2.29. The number of thiophene rings is 1. The molecule has 6 rings (SSSR count). The lowest BCUT2D eigenvalue weighted by Crippen LogP contribution is -2.24. The smallest absolute Gasteiger partial charge is 0.135 e. The van der Waals surface area contributed by atoms with E-state index in [9.17, 15) is 0 Å². The zero-order valence-electron chi connectivity index (χ0n) is 17.1. The third-order valence-corrected chi connectivity index (χ3v) is 8.50. The van der Waals surface area contributed by atoms with Crippen molar-refractivity contribution in [1.29, 1.82) is 0 Å². The van der Waals surface area contributed by atoms with Gasteiger partial charge in [0.1, 0.15) is 7.85 Å². The maximum Gasteiger partial charge on any atom is 0.141 e. The van der Waals surface area contributed by atoms with E-state index in [2.05, 4.69) is 101 Å². The van der Waals surface area contributed by atoms with E-state index >= 15 is 0 Å². The summed E-state index contributed by atoms with van der Waals surface area (Å²) in [6.07, 6.45) is 9.21. The minimum Gasteiger partial charge on any atom is -0.135 e. The van der Waals surface area contributed by atoms with E-state index in [4.69, 9.17) is 0 Å². The summed E-state index contributed by atoms with van der Waals surface area (Å²) < 4.78 is 2.82. The molecule has 3 aromatic carbocycles. The molecular weight excluding hydrogens is 367 g/mol. The van der Waals surface area contributed by atoms with Crippen molar-refractivity contribution in [2.75, 3.05) is 0 Å². The van der Waals surface area contributed by atoms with Crippen molar-refractivity contribution in [3.8, 4) is 11.1 Å². The van der Waals surface area contributed by atoms with E-state index in [-0.39, 0.29) is 5.41 Å². The SMILES string of the molecule is Bc1cccc2c1sc1c(-c3ccc4c(c3)C(C)(C)C3C=CC=CC43)cccc12. The van der Waals surface area contributed by atoms with Crippen molar-refractivity contribution in [1.82, 2.24) is 0 Å². The van der Waals surface area contributed by atoms with Crippen molar-refractivity contribution in [3.05, 3.63) is 90.0 Å². The van der Waals surface area contributed by atoms with Gasteiger partial charge in [-0.05, 0) is 39.0 Å². The zero-order valence-corrected chi connectivity index (χ0v) is 17.9. The first-order chi connectivity index (χ1) is 14.1. The fraction of sp³-hybridized carbons (Fsp3) is 0.185. The molecule has 0 N–H and O–H groups in total. The average molecular weight is 390 g/mol. The second-order valence-electron chi connectivity index (χ2n) is 9.08. The third kappa shape index (κ3) is 2.33. The summed E-state index contributed by atoms with van der Waals surface area (Å²) in [5.41, 5.74) is 7.24. The number of hydrogen-bond donors (Lipinski definition) is 0. The lowest BCUT2D eigenvalue weighted by molar-refractivity contribution is 0.394. The highest BCUT2D eigenvalue weighted by atomic mass is 32.1. The molecule has 0 nitrogen and oxygen atoms in total. The summed E-state index contributed by atoms with van der Waals surface area (Å²) >= 11 is 1.94. The number of allylic oxidation sites excluding steroid dienone is 4. The highest BCUT2D eigenvalue weighted by molar-refractivity contribution is 7.27. The molecule has 0 bridgehead atoms. The first-order valence-electron chi connectivity index (χ1n) is 10.5. The van der Waals surface area contributed by atoms with Gasteiger partial charge < -0.3 is 0 Å². The lowest BCUT2D eigenvalue weighted by atomic mass is 9.74. The second-order valence-corrected chi connectivity index (χ2v) is 10.1. The predicted octanol–water partition coefficient (Wildman–Crippen LogP) is 6.10. The first-order valence-corrected chi connectivity index (χ1v) is 11.3. The Hall–Kier alpha value is -2.58. The van der Waals surface area contributed by atoms with Gasteiger partial charge in [0.15, 0.2) is 0 Å². The van der Waals surface area contributed by atoms with E-state index in [0.29, 0.717) is 11.8 Å². The van der Waals surface area contributed by atoms with Gasteiger partial charge in [0.25, 0.3) is 0 Å². The van der Waals surface area contributed by atoms with Gasteiger partial charge >= 0.3 is 0 Å². The standard InChI is InChI=1S/C27H23BS/c1-27(2)22-11-4-3-7-18(22)19-14-13-16(15-23(19)27)17-8-5-9-20-21-10-6-12-24(28)26(21)29-25(17)20/h3-15,18,22H,28H2,1-2H3. The second kappa shape index (κ2) is 5.97. The predicted molar refractivity (Wildman–Crippen MR) is 130 cm³/mol. The summed E-state index contributed by atoms with van der Waals surface area (Å²) in [5.74, 6) is 1.07. The molecule has 0 amide bonds. The Bertz CT molecular complexity index is 1350. The Morgan fingerprint density at radius 2 is 1.62 bits per heavy atom. The Morgan fingerprint density at radius 1 is 0.862 bits per heavy atom. The van der Waals surface area contributed by atoms with Gasteiger partial charge in [0, 0.05) is 20.7 Å². The molecule has 0 spiro atoms. The Kier molecular flexibility index (Phi) is 3.56. The fourth-order valence-corrected chi connectivity index (χ4v) is 6.84. The topological polar surface area (TPSA) is 0 Å². The van der Waals surface area contributed by atoms with Crippen molar-refractivity contribution in [3.63, 3.8) is 0 Å². The number of rotatable bonds is 1. The van der Waals surface area contributed by atoms with E-state index in [0.717, 1.165) is 0 Å². The molecule has 0 saturated heterocycles. The molecule has 4 aromatic rings. The van der Waals surface area contributed by atoms with Crippen molar-refractivity contribution < 1.29 is 0 Å². The van der Waals surface area contributed by atoms with Crippen LogP contribution >= 0.6 is 11.3 Å². The summed E-state index contributed by atoms with van der Waals surface area (Å²) in [4.78, 5) is 0. The molecule has 2 atom stereocenters. The number of hydrogen-bond acceptors (Lipinski definition) is 1. The van der Waals surface area contributed by atoms with Crippen LogP contribution in [0, 0.1) is 5.92 Å². The molecule has 2 aliphatic rings. The van der Waals surface area contributed by atoms with Gasteiger partial charge in [-0.15, -0.1) is 11.3 Å². The van der Waals surface area contributed by atoms with Crippen LogP contribution in [0.25, 0.3) is 31.3 Å². The molecule has 29 heavy (non-hydrogen) atoms. The van der Waals surface area contributed by atoms with Crippen molar-refractivity contribution in [2.45, 2.75) is 25.2 Å². The highest BCUT2D eigenvalue weighted by Crippen LogP contribution is 2.53. The number of fused-ring (bicyclic) bond motifs is 6. The van der Waals surface area contributed by atoms with Gasteiger partial charge in [0.2, 0.25) is 0 Å². The van der Waals surface area contributed by atoms with Gasteiger partial charge in [-0.2, -0.15) is 0 Å². The van der Waals surface area contributed by atoms with Gasteiger partial charge in [-0.1, -0.05) is 98.2 Å². The van der Waals surface area contributed by atoms with E-state index < -0.39 is 0 Å². The Labute approximate surface area is 177 Å². The number of benzene rings is 3. The average Bonchev–Trinajstić information content (AvgIpc) is 3.23. The van der Waals surface area contributed by atoms with Crippen molar-refractivity contribution in [2.24, 2.45) is 5.92 Å². The molecule has 2 aliphatic carbocycles. The quantitative estimate of drug-likeness (QED) is 0.345. The van der Waals surface area contributed by atoms with Gasteiger partial charge in [-0.3, -0.25) is 0 Å². The summed E-state index contributed by atoms with van der Waals surface area (Å²) in [7, 11) is 2.22. The summed E-state index contributed by atoms with van der Waals surface area (Å²) in [6, 6.07) is 20.7. The van der Waals surface area contributed by atoms with Crippen LogP contribution in [0.2, 0.25) is 0 Å². The van der Waals surface area contributed by atoms with Crippen LogP contribution in [0.3, 0.4) is 0 Å². The van der Waals surface area contributed by atoms with Gasteiger partial charge in [-0.25, -0.2) is 0 Å². The monoisotopic (exact) mass is 390 g/mol. The molecule has 2 heteroatoms. The maximum absolute atomic E-state index is 2.47. The van der Waals surface area contributed by atoms with E-state index in [1.54, 1.807) is 0 Å². The van der Waals surface area contributed by atoms with Crippen LogP contribution < -0.4 is 5.46 Å². The molecule has 140 valence electrons.